The molecule has 0 fully saturated rings. The van der Waals surface area contributed by atoms with Gasteiger partial charge >= 0.3 is 0 Å². The summed E-state index contributed by atoms with van der Waals surface area (Å²) in [5, 5.41) is 14.9. The normalized spacial score (nSPS) is 14.2. The molecule has 14 nitrogen and oxygen atoms in total. The summed E-state index contributed by atoms with van der Waals surface area (Å²) in [7, 11) is -9.77. The second-order valence-electron chi connectivity index (χ2n) is 10.3. The zero-order chi connectivity index (χ0) is 34.1. The number of Topliss-reactive ketones (excluding diaryl/α,β-unsaturated/α-hetero) is 1. The molecular weight excluding hydrogens is 649 g/mol. The van der Waals surface area contributed by atoms with Crippen LogP contribution in [0.1, 0.15) is 37.4 Å². The maximum atomic E-state index is 13.4. The summed E-state index contributed by atoms with van der Waals surface area (Å²) in [6.07, 6.45) is 1.02. The Hall–Kier alpha value is -5.55. The number of nitrogens with two attached hydrogens (primary N) is 1. The second-order valence-corrected chi connectivity index (χ2v) is 13.1. The first-order valence-corrected chi connectivity index (χ1v) is 16.4. The van der Waals surface area contributed by atoms with E-state index in [0.717, 1.165) is 12.1 Å². The van der Waals surface area contributed by atoms with Crippen molar-refractivity contribution in [3.63, 3.8) is 0 Å². The maximum Gasteiger partial charge on any atom is 0.255 e. The molecule has 4 aromatic carbocycles. The largest absolute Gasteiger partial charge is 0.744 e. The first-order chi connectivity index (χ1) is 22.1. The lowest BCUT2D eigenvalue weighted by Gasteiger charge is -2.20. The molecule has 4 N–H and O–H groups in total. The fraction of sp³-hybridized carbons (Fsp3) is 0.0645. The fourth-order valence-corrected chi connectivity index (χ4v) is 5.76. The average Bonchev–Trinajstić information content (AvgIpc) is 2.99. The number of hydrogen-bond donors (Lipinski definition) is 3. The van der Waals surface area contributed by atoms with Crippen molar-refractivity contribution in [2.75, 3.05) is 16.5 Å². The molecule has 4 aromatic rings. The van der Waals surface area contributed by atoms with Gasteiger partial charge in [-0.1, -0.05) is 6.07 Å². The Kier molecular flexibility index (Phi) is 8.86. The number of nitrogens with zero attached hydrogens (tertiary/aromatic N) is 3. The number of amides is 1. The zero-order valence-electron chi connectivity index (χ0n) is 24.6. The van der Waals surface area contributed by atoms with Gasteiger partial charge in [0.1, 0.15) is 25.9 Å². The quantitative estimate of drug-likeness (QED) is 0.0979. The molecule has 0 spiro atoms. The van der Waals surface area contributed by atoms with Gasteiger partial charge in [0, 0.05) is 22.5 Å². The molecule has 0 atom stereocenters. The highest BCUT2D eigenvalue weighted by Gasteiger charge is 2.30. The highest BCUT2D eigenvalue weighted by molar-refractivity contribution is 7.91. The van der Waals surface area contributed by atoms with Crippen LogP contribution in [0.15, 0.2) is 104 Å². The van der Waals surface area contributed by atoms with Crippen LogP contribution in [0.4, 0.5) is 28.4 Å². The molecule has 0 bridgehead atoms. The molecule has 0 radical (unpaired) electrons. The number of carbonyl (C=O) groups is 2. The van der Waals surface area contributed by atoms with Gasteiger partial charge in [-0.15, -0.1) is 0 Å². The molecule has 1 aliphatic rings. The SMILES string of the molecule is Cc1cc(S(=O)(=O)[O-])ccc1N=Nc1ccc(NN=C2C(=O)c3ccc(NC(=O)c4cccc(N)c4)cc3C=C2S(=O)(=O)[O-])c(C)c1. The monoisotopic (exact) mass is 672 g/mol. The summed E-state index contributed by atoms with van der Waals surface area (Å²) in [5.74, 6) is -1.32. The van der Waals surface area contributed by atoms with E-state index in [1.165, 1.54) is 36.4 Å². The van der Waals surface area contributed by atoms with Crippen LogP contribution in [0.3, 0.4) is 0 Å². The molecule has 0 unspecified atom stereocenters. The van der Waals surface area contributed by atoms with Gasteiger partial charge in [-0.2, -0.15) is 15.3 Å². The third kappa shape index (κ3) is 7.47. The number of benzene rings is 4. The lowest BCUT2D eigenvalue weighted by molar-refractivity contribution is 0.102. The van der Waals surface area contributed by atoms with Crippen LogP contribution in [0.25, 0.3) is 6.08 Å². The summed E-state index contributed by atoms with van der Waals surface area (Å²) in [4.78, 5) is 24.8. The van der Waals surface area contributed by atoms with E-state index in [1.54, 1.807) is 50.2 Å². The van der Waals surface area contributed by atoms with Crippen molar-refractivity contribution in [3.8, 4) is 0 Å². The molecule has 0 heterocycles. The Morgan fingerprint density at radius 1 is 0.830 bits per heavy atom. The number of nitrogens with one attached hydrogen (secondary N) is 2. The zero-order valence-corrected chi connectivity index (χ0v) is 26.2. The van der Waals surface area contributed by atoms with Crippen molar-refractivity contribution >= 4 is 72.2 Å². The number of ketones is 1. The summed E-state index contributed by atoms with van der Waals surface area (Å²) in [5.41, 5.74) is 10.9. The van der Waals surface area contributed by atoms with Gasteiger partial charge in [0.25, 0.3) is 5.91 Å². The maximum absolute atomic E-state index is 13.4. The number of fused-ring (bicyclic) bond motifs is 1. The fourth-order valence-electron chi connectivity index (χ4n) is 4.55. The predicted octanol–water partition coefficient (Wildman–Crippen LogP) is 5.01. The number of azo groups is 1. The van der Waals surface area contributed by atoms with E-state index in [9.17, 15) is 35.5 Å². The molecule has 240 valence electrons. The third-order valence-corrected chi connectivity index (χ3v) is 8.62. The van der Waals surface area contributed by atoms with Gasteiger partial charge < -0.3 is 20.2 Å². The predicted molar refractivity (Wildman–Crippen MR) is 173 cm³/mol. The molecule has 0 aromatic heterocycles. The summed E-state index contributed by atoms with van der Waals surface area (Å²) >= 11 is 0. The molecule has 5 rings (SSSR count). The van der Waals surface area contributed by atoms with Gasteiger partial charge in [0.2, 0.25) is 5.78 Å². The van der Waals surface area contributed by atoms with E-state index in [0.29, 0.717) is 33.9 Å². The minimum atomic E-state index is -5.16. The topological polar surface area (TPSA) is 236 Å². The molecule has 0 saturated heterocycles. The van der Waals surface area contributed by atoms with Crippen molar-refractivity contribution in [1.29, 1.82) is 0 Å². The van der Waals surface area contributed by atoms with E-state index in [2.05, 4.69) is 26.1 Å². The Labute approximate surface area is 269 Å². The minimum Gasteiger partial charge on any atom is -0.744 e. The molecule has 47 heavy (non-hydrogen) atoms. The van der Waals surface area contributed by atoms with Crippen molar-refractivity contribution in [3.05, 3.63) is 112 Å². The van der Waals surface area contributed by atoms with Crippen LogP contribution in [0.2, 0.25) is 0 Å². The van der Waals surface area contributed by atoms with Gasteiger partial charge in [0.15, 0.2) is 0 Å². The number of hydrazone groups is 1. The van der Waals surface area contributed by atoms with Crippen molar-refractivity contribution in [2.45, 2.75) is 18.7 Å². The van der Waals surface area contributed by atoms with E-state index >= 15 is 0 Å². The molecular formula is C31H24N6O8S2-2. The Bertz CT molecular complexity index is 2280. The second kappa shape index (κ2) is 12.7. The lowest BCUT2D eigenvalue weighted by Crippen LogP contribution is -2.27. The summed E-state index contributed by atoms with van der Waals surface area (Å²) in [6.45, 7) is 3.26. The van der Waals surface area contributed by atoms with Crippen molar-refractivity contribution in [1.82, 2.24) is 0 Å². The molecule has 0 saturated carbocycles. The number of nitrogen functional groups attached to an aromatic ring is 1. The number of aryl methyl sites for hydroxylation is 2. The van der Waals surface area contributed by atoms with E-state index < -0.39 is 42.5 Å². The van der Waals surface area contributed by atoms with Crippen LogP contribution >= 0.6 is 0 Å². The number of hydrogen-bond acceptors (Lipinski definition) is 13. The van der Waals surface area contributed by atoms with E-state index in [-0.39, 0.29) is 27.3 Å². The first-order valence-electron chi connectivity index (χ1n) is 13.6. The minimum absolute atomic E-state index is 0.0589. The van der Waals surface area contributed by atoms with E-state index in [1.807, 2.05) is 0 Å². The van der Waals surface area contributed by atoms with Gasteiger partial charge in [-0.25, -0.2) is 16.8 Å². The Morgan fingerprint density at radius 2 is 1.60 bits per heavy atom. The van der Waals surface area contributed by atoms with Gasteiger partial charge in [0.05, 0.1) is 26.9 Å². The molecule has 0 aliphatic heterocycles. The summed E-state index contributed by atoms with van der Waals surface area (Å²) in [6, 6.07) is 18.8. The first kappa shape index (κ1) is 32.8. The van der Waals surface area contributed by atoms with Crippen molar-refractivity contribution < 1.29 is 35.5 Å². The number of rotatable bonds is 8. The Morgan fingerprint density at radius 3 is 2.26 bits per heavy atom. The number of carbonyl (C=O) groups excluding carboxylic acids is 2. The standard InChI is InChI=1S/C31H26N6O8S2/c1-17-12-23(34-35-27-11-8-24(13-18(27)2)46(40,41)42)7-10-26(17)36-37-29-28(47(43,44)45)16-20-15-22(6-9-25(20)30(29)38)33-31(39)19-4-3-5-21(32)14-19/h3-16,36H,32H2,1-2H3,(H,33,39)(H,40,41,42)(H,43,44,45)/p-2. The number of anilines is 3. The molecule has 1 amide bonds. The summed E-state index contributed by atoms with van der Waals surface area (Å²) < 4.78 is 70.3. The highest BCUT2D eigenvalue weighted by atomic mass is 32.2. The van der Waals surface area contributed by atoms with Crippen LogP contribution in [-0.2, 0) is 20.2 Å². The molecule has 1 aliphatic carbocycles. The van der Waals surface area contributed by atoms with Crippen molar-refractivity contribution in [2.24, 2.45) is 15.3 Å². The van der Waals surface area contributed by atoms with E-state index in [4.69, 9.17) is 5.73 Å². The van der Waals surface area contributed by atoms with Crippen LogP contribution in [-0.4, -0.2) is 43.3 Å². The lowest BCUT2D eigenvalue weighted by atomic mass is 9.94. The third-order valence-electron chi connectivity index (χ3n) is 6.94. The highest BCUT2D eigenvalue weighted by Crippen LogP contribution is 2.30. The average molecular weight is 673 g/mol. The van der Waals surface area contributed by atoms with Gasteiger partial charge in [-0.05, 0) is 109 Å². The molecule has 16 heteroatoms. The smallest absolute Gasteiger partial charge is 0.255 e. The van der Waals surface area contributed by atoms with Crippen LogP contribution < -0.4 is 16.5 Å². The number of allylic oxidation sites excluding steroid dienone is 1. The van der Waals surface area contributed by atoms with Crippen LogP contribution in [0, 0.1) is 13.8 Å². The Balaban J connectivity index is 1.37. The van der Waals surface area contributed by atoms with Crippen LogP contribution in [0.5, 0.6) is 0 Å². The van der Waals surface area contributed by atoms with Gasteiger partial charge in [-0.3, -0.25) is 15.0 Å².